The number of carbonyl (C=O) groups is 1. The number of nitrogens with one attached hydrogen (secondary N) is 1. The van der Waals surface area contributed by atoms with Gasteiger partial charge in [0, 0.05) is 35.3 Å². The Labute approximate surface area is 233 Å². The molecule has 1 unspecified atom stereocenters. The van der Waals surface area contributed by atoms with Crippen LogP contribution in [0.15, 0.2) is 76.2 Å². The number of para-hydroxylation sites is 1. The van der Waals surface area contributed by atoms with Gasteiger partial charge in [-0.15, -0.1) is 0 Å². The fourth-order valence-electron chi connectivity index (χ4n) is 4.60. The zero-order valence-electron chi connectivity index (χ0n) is 23.1. The number of halogens is 3. The van der Waals surface area contributed by atoms with Crippen molar-refractivity contribution >= 4 is 28.3 Å². The minimum absolute atomic E-state index is 0.113. The number of nitrogens with zero attached hydrogens (tertiary/aromatic N) is 2. The van der Waals surface area contributed by atoms with E-state index in [1.54, 1.807) is 57.2 Å². The summed E-state index contributed by atoms with van der Waals surface area (Å²) >= 11 is 0. The number of benzene rings is 2. The summed E-state index contributed by atoms with van der Waals surface area (Å²) in [4.78, 5) is 29.7. The molecule has 0 amide bonds. The van der Waals surface area contributed by atoms with Gasteiger partial charge in [-0.2, -0.15) is 13.2 Å². The maximum atomic E-state index is 13.2. The van der Waals surface area contributed by atoms with Crippen LogP contribution in [0, 0.1) is 6.92 Å². The van der Waals surface area contributed by atoms with Gasteiger partial charge < -0.3 is 18.9 Å². The molecule has 0 aliphatic carbocycles. The fraction of sp³-hybridized carbons (Fsp3) is 0.258. The normalized spacial score (nSPS) is 13.0. The molecular weight excluding hydrogens is 535 g/mol. The molecule has 0 aliphatic rings. The van der Waals surface area contributed by atoms with Crippen molar-refractivity contribution < 1.29 is 27.1 Å². The van der Waals surface area contributed by atoms with E-state index in [1.807, 2.05) is 19.9 Å². The second-order valence-electron chi connectivity index (χ2n) is 10.9. The van der Waals surface area contributed by atoms with E-state index in [-0.39, 0.29) is 16.8 Å². The lowest BCUT2D eigenvalue weighted by Crippen LogP contribution is -2.24. The lowest BCUT2D eigenvalue weighted by atomic mass is 10.00. The predicted molar refractivity (Wildman–Crippen MR) is 150 cm³/mol. The molecule has 0 saturated carbocycles. The number of hydrogen-bond donors (Lipinski definition) is 1. The van der Waals surface area contributed by atoms with Gasteiger partial charge in [0.05, 0.1) is 17.0 Å². The number of carbonyl (C=O) groups excluding carboxylic acids is 1. The quantitative estimate of drug-likeness (QED) is 0.222. The highest BCUT2D eigenvalue weighted by molar-refractivity contribution is 5.96. The average Bonchev–Trinajstić information content (AvgIpc) is 3.32. The van der Waals surface area contributed by atoms with Gasteiger partial charge in [0.25, 0.3) is 0 Å². The number of alkyl halides is 3. The van der Waals surface area contributed by atoms with Crippen LogP contribution in [-0.4, -0.2) is 21.0 Å². The van der Waals surface area contributed by atoms with Gasteiger partial charge in [-0.25, -0.2) is 9.78 Å². The van der Waals surface area contributed by atoms with Crippen molar-refractivity contribution in [2.24, 2.45) is 0 Å². The summed E-state index contributed by atoms with van der Waals surface area (Å²) in [5.41, 5.74) is 1.28. The number of hydrogen-bond acceptors (Lipinski definition) is 6. The Morgan fingerprint density at radius 3 is 2.49 bits per heavy atom. The molecule has 41 heavy (non-hydrogen) atoms. The summed E-state index contributed by atoms with van der Waals surface area (Å²) in [6.45, 7) is 9.12. The van der Waals surface area contributed by atoms with Crippen LogP contribution in [0.5, 0.6) is 0 Å². The Bertz CT molecular complexity index is 1850. The maximum Gasteiger partial charge on any atom is 0.434 e. The van der Waals surface area contributed by atoms with Crippen molar-refractivity contribution in [1.82, 2.24) is 9.38 Å². The highest BCUT2D eigenvalue weighted by Crippen LogP contribution is 2.33. The minimum Gasteiger partial charge on any atom is -0.456 e. The Balaban J connectivity index is 1.56. The highest BCUT2D eigenvalue weighted by atomic mass is 19.4. The van der Waals surface area contributed by atoms with Gasteiger partial charge in [0.15, 0.2) is 11.1 Å². The van der Waals surface area contributed by atoms with Gasteiger partial charge in [0.2, 0.25) is 0 Å². The first-order valence-corrected chi connectivity index (χ1v) is 12.9. The molecule has 5 rings (SSSR count). The van der Waals surface area contributed by atoms with Crippen molar-refractivity contribution in [3.05, 3.63) is 99.6 Å². The molecule has 10 heteroatoms. The Hall–Kier alpha value is -4.60. The average molecular weight is 564 g/mol. The molecule has 0 bridgehead atoms. The molecule has 2 aromatic carbocycles. The molecule has 0 spiro atoms. The molecule has 212 valence electrons. The number of pyridine rings is 1. The van der Waals surface area contributed by atoms with Gasteiger partial charge in [-0.1, -0.05) is 18.2 Å². The number of esters is 1. The van der Waals surface area contributed by atoms with E-state index in [0.717, 1.165) is 11.8 Å². The summed E-state index contributed by atoms with van der Waals surface area (Å²) in [5, 5.41) is 3.71. The van der Waals surface area contributed by atoms with E-state index in [0.29, 0.717) is 33.3 Å². The monoisotopic (exact) mass is 563 g/mol. The van der Waals surface area contributed by atoms with E-state index in [4.69, 9.17) is 9.15 Å². The summed E-state index contributed by atoms with van der Waals surface area (Å²) in [6.07, 6.45) is -2.26. The third-order valence-corrected chi connectivity index (χ3v) is 6.41. The van der Waals surface area contributed by atoms with Crippen LogP contribution in [0.2, 0.25) is 0 Å². The van der Waals surface area contributed by atoms with Gasteiger partial charge in [-0.3, -0.25) is 4.79 Å². The van der Waals surface area contributed by atoms with E-state index in [2.05, 4.69) is 10.3 Å². The molecule has 1 atom stereocenters. The number of aromatic nitrogens is 2. The molecule has 0 saturated heterocycles. The largest absolute Gasteiger partial charge is 0.456 e. The molecule has 3 aromatic heterocycles. The molecule has 0 fully saturated rings. The van der Waals surface area contributed by atoms with E-state index < -0.39 is 29.5 Å². The zero-order chi connectivity index (χ0) is 29.7. The van der Waals surface area contributed by atoms with Gasteiger partial charge >= 0.3 is 12.1 Å². The van der Waals surface area contributed by atoms with Gasteiger partial charge in [-0.05, 0) is 70.5 Å². The Kier molecular flexibility index (Phi) is 6.89. The van der Waals surface area contributed by atoms with Crippen molar-refractivity contribution in [3.63, 3.8) is 0 Å². The van der Waals surface area contributed by atoms with Crippen LogP contribution in [0.4, 0.5) is 18.9 Å². The predicted octanol–water partition coefficient (Wildman–Crippen LogP) is 7.56. The number of aryl methyl sites for hydroxylation is 1. The molecule has 3 heterocycles. The molecule has 7 nitrogen and oxygen atoms in total. The van der Waals surface area contributed by atoms with Crippen LogP contribution in [0.1, 0.15) is 60.9 Å². The SMILES string of the molecule is Cc1cc(C(C)Nc2ccccc2C(=O)OC(C)(C)C)c2oc(-c3ccc4nc(C(F)(F)F)cn4c3)cc(=O)c2c1. The third kappa shape index (κ3) is 5.82. The molecule has 0 radical (unpaired) electrons. The first kappa shape index (κ1) is 27.9. The highest BCUT2D eigenvalue weighted by Gasteiger charge is 2.34. The van der Waals surface area contributed by atoms with E-state index >= 15 is 0 Å². The van der Waals surface area contributed by atoms with E-state index in [9.17, 15) is 22.8 Å². The molecule has 0 aliphatic heterocycles. The summed E-state index contributed by atoms with van der Waals surface area (Å²) in [7, 11) is 0. The third-order valence-electron chi connectivity index (χ3n) is 6.41. The first-order valence-electron chi connectivity index (χ1n) is 12.9. The van der Waals surface area contributed by atoms with Crippen molar-refractivity contribution in [1.29, 1.82) is 0 Å². The van der Waals surface area contributed by atoms with Crippen LogP contribution in [0.3, 0.4) is 0 Å². The van der Waals surface area contributed by atoms with Crippen molar-refractivity contribution in [2.75, 3.05) is 5.32 Å². The summed E-state index contributed by atoms with van der Waals surface area (Å²) in [5.74, 6) is -0.280. The second-order valence-corrected chi connectivity index (χ2v) is 10.9. The lowest BCUT2D eigenvalue weighted by Gasteiger charge is -2.22. The topological polar surface area (TPSA) is 85.8 Å². The lowest BCUT2D eigenvalue weighted by molar-refractivity contribution is -0.140. The maximum absolute atomic E-state index is 13.2. The standard InChI is InChI=1S/C31H28F3N3O4/c1-17-12-21(18(2)35-23-9-7-6-8-20(23)29(39)41-30(3,4)5)28-22(13-17)24(38)14-25(40-28)19-10-11-27-36-26(31(32,33)34)16-37(27)15-19/h6-16,18,35H,1-5H3. The van der Waals surface area contributed by atoms with Gasteiger partial charge in [0.1, 0.15) is 22.6 Å². The number of imidazole rings is 1. The summed E-state index contributed by atoms with van der Waals surface area (Å²) in [6, 6.07) is 14.5. The Morgan fingerprint density at radius 2 is 1.78 bits per heavy atom. The molecular formula is C31H28F3N3O4. The van der Waals surface area contributed by atoms with Crippen LogP contribution < -0.4 is 10.7 Å². The van der Waals surface area contributed by atoms with Crippen LogP contribution in [-0.2, 0) is 10.9 Å². The van der Waals surface area contributed by atoms with Crippen LogP contribution in [0.25, 0.3) is 27.9 Å². The first-order chi connectivity index (χ1) is 19.2. The van der Waals surface area contributed by atoms with Crippen molar-refractivity contribution in [3.8, 4) is 11.3 Å². The number of ether oxygens (including phenoxy) is 1. The minimum atomic E-state index is -4.58. The molecule has 1 N–H and O–H groups in total. The van der Waals surface area contributed by atoms with Crippen molar-refractivity contribution in [2.45, 2.75) is 52.4 Å². The van der Waals surface area contributed by atoms with E-state index in [1.165, 1.54) is 22.7 Å². The second kappa shape index (κ2) is 10.1. The zero-order valence-corrected chi connectivity index (χ0v) is 23.1. The number of fused-ring (bicyclic) bond motifs is 2. The number of rotatable bonds is 5. The summed E-state index contributed by atoms with van der Waals surface area (Å²) < 4.78 is 52.5. The Morgan fingerprint density at radius 1 is 1.05 bits per heavy atom. The fourth-order valence-corrected chi connectivity index (χ4v) is 4.60. The number of anilines is 1. The molecule has 5 aromatic rings. The van der Waals surface area contributed by atoms with Crippen LogP contribution >= 0.6 is 0 Å². The smallest absolute Gasteiger partial charge is 0.434 e.